The molecule has 3 rings (SSSR count). The number of rotatable bonds is 5. The number of aromatic hydroxyl groups is 1. The molecule has 6 heteroatoms. The van der Waals surface area contributed by atoms with E-state index >= 15 is 0 Å². The Labute approximate surface area is 163 Å². The summed E-state index contributed by atoms with van der Waals surface area (Å²) in [6, 6.07) is 15.4. The van der Waals surface area contributed by atoms with Crippen molar-refractivity contribution in [2.45, 2.75) is 6.04 Å². The van der Waals surface area contributed by atoms with Crippen LogP contribution in [0.3, 0.4) is 0 Å². The first-order valence-corrected chi connectivity index (χ1v) is 9.97. The fraction of sp³-hybridized carbons (Fsp3) is 0.238. The van der Waals surface area contributed by atoms with Crippen LogP contribution in [0.2, 0.25) is 0 Å². The van der Waals surface area contributed by atoms with E-state index in [1.165, 1.54) is 12.1 Å². The van der Waals surface area contributed by atoms with Crippen molar-refractivity contribution < 1.29 is 14.7 Å². The molecule has 27 heavy (non-hydrogen) atoms. The molecule has 0 saturated carbocycles. The van der Waals surface area contributed by atoms with Gasteiger partial charge in [-0.2, -0.15) is 11.8 Å². The Morgan fingerprint density at radius 3 is 2.67 bits per heavy atom. The van der Waals surface area contributed by atoms with Crippen molar-refractivity contribution in [1.29, 1.82) is 0 Å². The molecule has 1 heterocycles. The average molecular weight is 382 g/mol. The van der Waals surface area contributed by atoms with Crippen molar-refractivity contribution in [3.05, 3.63) is 71.8 Å². The molecule has 1 aliphatic heterocycles. The second-order valence-electron chi connectivity index (χ2n) is 6.25. The number of phenols is 1. The van der Waals surface area contributed by atoms with Crippen LogP contribution in [0.1, 0.15) is 15.9 Å². The zero-order valence-electron chi connectivity index (χ0n) is 14.9. The number of nitrogens with one attached hydrogen (secondary N) is 1. The molecule has 1 aliphatic rings. The van der Waals surface area contributed by atoms with E-state index in [0.717, 1.165) is 11.3 Å². The molecule has 1 unspecified atom stereocenters. The number of hydrogen-bond acceptors (Lipinski definition) is 4. The maximum absolute atomic E-state index is 12.8. The molecule has 0 bridgehead atoms. The standard InChI is InChI=1S/C21H22N2O3S/c24-18-10-8-17(9-11-18)20(25)22-19-15-27-14-13-23(21(19)26)12-4-7-16-5-2-1-3-6-16/h1-11,19,24H,12-15H2,(H,22,25). The van der Waals surface area contributed by atoms with Gasteiger partial charge in [0, 0.05) is 30.2 Å². The molecule has 2 aromatic rings. The molecule has 0 aromatic heterocycles. The van der Waals surface area contributed by atoms with Crippen molar-refractivity contribution in [1.82, 2.24) is 10.2 Å². The van der Waals surface area contributed by atoms with E-state index in [2.05, 4.69) is 5.32 Å². The summed E-state index contributed by atoms with van der Waals surface area (Å²) in [5.41, 5.74) is 1.51. The van der Waals surface area contributed by atoms with Crippen LogP contribution >= 0.6 is 11.8 Å². The first-order chi connectivity index (χ1) is 13.1. The van der Waals surface area contributed by atoms with Crippen LogP contribution in [0.15, 0.2) is 60.7 Å². The van der Waals surface area contributed by atoms with Gasteiger partial charge in [-0.15, -0.1) is 0 Å². The molecule has 0 spiro atoms. The molecule has 0 radical (unpaired) electrons. The van der Waals surface area contributed by atoms with Crippen molar-refractivity contribution in [2.75, 3.05) is 24.6 Å². The van der Waals surface area contributed by atoms with Crippen molar-refractivity contribution in [3.8, 4) is 5.75 Å². The van der Waals surface area contributed by atoms with Crippen LogP contribution < -0.4 is 5.32 Å². The Morgan fingerprint density at radius 1 is 1.19 bits per heavy atom. The predicted octanol–water partition coefficient (Wildman–Crippen LogP) is 2.78. The van der Waals surface area contributed by atoms with Gasteiger partial charge in [-0.1, -0.05) is 42.5 Å². The largest absolute Gasteiger partial charge is 0.508 e. The Bertz CT molecular complexity index is 806. The van der Waals surface area contributed by atoms with Gasteiger partial charge in [0.05, 0.1) is 0 Å². The Balaban J connectivity index is 1.62. The number of amides is 2. The molecular weight excluding hydrogens is 360 g/mol. The number of phenolic OH excluding ortho intramolecular Hbond substituents is 1. The number of carbonyl (C=O) groups excluding carboxylic acids is 2. The molecule has 2 amide bonds. The highest BCUT2D eigenvalue weighted by Crippen LogP contribution is 2.14. The van der Waals surface area contributed by atoms with Crippen LogP contribution in [0.5, 0.6) is 5.75 Å². The fourth-order valence-corrected chi connectivity index (χ4v) is 3.77. The van der Waals surface area contributed by atoms with Gasteiger partial charge in [0.1, 0.15) is 11.8 Å². The van der Waals surface area contributed by atoms with Gasteiger partial charge in [-0.3, -0.25) is 9.59 Å². The van der Waals surface area contributed by atoms with Gasteiger partial charge < -0.3 is 15.3 Å². The summed E-state index contributed by atoms with van der Waals surface area (Å²) in [6.07, 6.45) is 3.97. The molecule has 2 N–H and O–H groups in total. The normalized spacial score (nSPS) is 17.7. The van der Waals surface area contributed by atoms with Gasteiger partial charge in [0.25, 0.3) is 5.91 Å². The van der Waals surface area contributed by atoms with E-state index in [0.29, 0.717) is 24.4 Å². The van der Waals surface area contributed by atoms with E-state index in [1.807, 2.05) is 42.5 Å². The summed E-state index contributed by atoms with van der Waals surface area (Å²) in [5.74, 6) is 1.13. The second kappa shape index (κ2) is 9.28. The van der Waals surface area contributed by atoms with Crippen LogP contribution in [-0.4, -0.2) is 52.5 Å². The summed E-state index contributed by atoms with van der Waals surface area (Å²) in [4.78, 5) is 27.0. The van der Waals surface area contributed by atoms with E-state index in [-0.39, 0.29) is 17.6 Å². The lowest BCUT2D eigenvalue weighted by Gasteiger charge is -2.23. The van der Waals surface area contributed by atoms with Gasteiger partial charge in [-0.05, 0) is 29.8 Å². The summed E-state index contributed by atoms with van der Waals surface area (Å²) in [6.45, 7) is 1.17. The predicted molar refractivity (Wildman–Crippen MR) is 109 cm³/mol. The number of hydrogen-bond donors (Lipinski definition) is 2. The maximum atomic E-state index is 12.8. The van der Waals surface area contributed by atoms with Crippen LogP contribution in [0, 0.1) is 0 Å². The number of carbonyl (C=O) groups is 2. The molecule has 1 fully saturated rings. The number of thioether (sulfide) groups is 1. The van der Waals surface area contributed by atoms with Crippen LogP contribution in [0.25, 0.3) is 6.08 Å². The summed E-state index contributed by atoms with van der Waals surface area (Å²) in [5, 5.41) is 12.2. The second-order valence-corrected chi connectivity index (χ2v) is 7.39. The Kier molecular flexibility index (Phi) is 6.54. The van der Waals surface area contributed by atoms with E-state index < -0.39 is 6.04 Å². The van der Waals surface area contributed by atoms with Crippen LogP contribution in [-0.2, 0) is 4.79 Å². The quantitative estimate of drug-likeness (QED) is 0.834. The van der Waals surface area contributed by atoms with Crippen molar-refractivity contribution in [3.63, 3.8) is 0 Å². The molecule has 1 atom stereocenters. The lowest BCUT2D eigenvalue weighted by atomic mass is 10.2. The third-order valence-electron chi connectivity index (χ3n) is 4.27. The minimum absolute atomic E-state index is 0.0650. The minimum atomic E-state index is -0.552. The third-order valence-corrected chi connectivity index (χ3v) is 5.31. The van der Waals surface area contributed by atoms with Crippen LogP contribution in [0.4, 0.5) is 0 Å². The van der Waals surface area contributed by atoms with Gasteiger partial charge >= 0.3 is 0 Å². The zero-order chi connectivity index (χ0) is 19.1. The summed E-state index contributed by atoms with van der Waals surface area (Å²) in [7, 11) is 0. The molecular formula is C21H22N2O3S. The monoisotopic (exact) mass is 382 g/mol. The zero-order valence-corrected chi connectivity index (χ0v) is 15.7. The highest BCUT2D eigenvalue weighted by atomic mass is 32.2. The minimum Gasteiger partial charge on any atom is -0.508 e. The molecule has 140 valence electrons. The average Bonchev–Trinajstić information content (AvgIpc) is 2.85. The van der Waals surface area contributed by atoms with Crippen molar-refractivity contribution in [2.24, 2.45) is 0 Å². The smallest absolute Gasteiger partial charge is 0.251 e. The molecule has 5 nitrogen and oxygen atoms in total. The van der Waals surface area contributed by atoms with E-state index in [4.69, 9.17) is 0 Å². The van der Waals surface area contributed by atoms with Gasteiger partial charge in [0.15, 0.2) is 0 Å². The Hall–Kier alpha value is -2.73. The molecule has 0 aliphatic carbocycles. The SMILES string of the molecule is O=C(NC1CSCCN(CC=Cc2ccccc2)C1=O)c1ccc(O)cc1. The highest BCUT2D eigenvalue weighted by molar-refractivity contribution is 7.99. The number of nitrogens with zero attached hydrogens (tertiary/aromatic N) is 1. The number of benzene rings is 2. The lowest BCUT2D eigenvalue weighted by Crippen LogP contribution is -2.49. The first-order valence-electron chi connectivity index (χ1n) is 8.81. The molecule has 2 aromatic carbocycles. The van der Waals surface area contributed by atoms with Gasteiger partial charge in [-0.25, -0.2) is 0 Å². The lowest BCUT2D eigenvalue weighted by molar-refractivity contribution is -0.131. The van der Waals surface area contributed by atoms with Gasteiger partial charge in [0.2, 0.25) is 5.91 Å². The highest BCUT2D eigenvalue weighted by Gasteiger charge is 2.28. The van der Waals surface area contributed by atoms with Crippen molar-refractivity contribution >= 4 is 29.7 Å². The Morgan fingerprint density at radius 2 is 1.93 bits per heavy atom. The van der Waals surface area contributed by atoms with E-state index in [9.17, 15) is 14.7 Å². The van der Waals surface area contributed by atoms with E-state index in [1.54, 1.807) is 28.8 Å². The maximum Gasteiger partial charge on any atom is 0.251 e. The summed E-state index contributed by atoms with van der Waals surface area (Å²) < 4.78 is 0. The third kappa shape index (κ3) is 5.37. The first kappa shape index (κ1) is 19.0. The molecule has 1 saturated heterocycles. The summed E-state index contributed by atoms with van der Waals surface area (Å²) >= 11 is 1.66. The fourth-order valence-electron chi connectivity index (χ4n) is 2.80. The topological polar surface area (TPSA) is 69.6 Å².